The Balaban J connectivity index is 1.95. The first-order valence-electron chi connectivity index (χ1n) is 6.94. The summed E-state index contributed by atoms with van der Waals surface area (Å²) >= 11 is 0. The number of carbonyl (C=O) groups is 1. The topological polar surface area (TPSA) is 64.2 Å². The van der Waals surface area contributed by atoms with E-state index in [1.165, 1.54) is 5.56 Å². The number of rotatable bonds is 2. The molecule has 0 radical (unpaired) electrons. The van der Waals surface area contributed by atoms with Crippen molar-refractivity contribution >= 4 is 17.4 Å². The van der Waals surface area contributed by atoms with E-state index in [2.05, 4.69) is 11.2 Å². The molecule has 0 atom stereocenters. The maximum Gasteiger partial charge on any atom is 0.278 e. The predicted molar refractivity (Wildman–Crippen MR) is 78.8 cm³/mol. The number of nitrogen functional groups attached to an aromatic ring is 1. The van der Waals surface area contributed by atoms with Gasteiger partial charge in [0.25, 0.3) is 5.91 Å². The highest BCUT2D eigenvalue weighted by atomic mass is 16.2. The number of hydrogen-bond donors (Lipinski definition) is 1. The van der Waals surface area contributed by atoms with Gasteiger partial charge in [-0.15, -0.1) is 0 Å². The zero-order chi connectivity index (χ0) is 14.1. The van der Waals surface area contributed by atoms with Gasteiger partial charge in [0.05, 0.1) is 0 Å². The molecule has 2 heterocycles. The van der Waals surface area contributed by atoms with Crippen molar-refractivity contribution in [2.75, 3.05) is 17.2 Å². The van der Waals surface area contributed by atoms with E-state index >= 15 is 0 Å². The first-order chi connectivity index (χ1) is 9.70. The molecule has 0 fully saturated rings. The molecule has 0 unspecified atom stereocenters. The molecule has 1 aliphatic heterocycles. The summed E-state index contributed by atoms with van der Waals surface area (Å²) in [5, 5.41) is 4.28. The molecular formula is C15H18N4O. The Kier molecular flexibility index (Phi) is 3.18. The van der Waals surface area contributed by atoms with Crippen molar-refractivity contribution in [2.24, 2.45) is 0 Å². The zero-order valence-corrected chi connectivity index (χ0v) is 11.5. The van der Waals surface area contributed by atoms with Gasteiger partial charge >= 0.3 is 0 Å². The van der Waals surface area contributed by atoms with Crippen LogP contribution in [0.4, 0.5) is 11.5 Å². The Hall–Kier alpha value is -2.30. The zero-order valence-electron chi connectivity index (χ0n) is 11.5. The third-order valence-electron chi connectivity index (χ3n) is 3.69. The highest BCUT2D eigenvalue weighted by Crippen LogP contribution is 2.28. The van der Waals surface area contributed by atoms with Crippen LogP contribution in [0.3, 0.4) is 0 Å². The molecule has 104 valence electrons. The van der Waals surface area contributed by atoms with Crippen LogP contribution in [0, 0.1) is 0 Å². The fraction of sp³-hybridized carbons (Fsp3) is 0.333. The summed E-state index contributed by atoms with van der Waals surface area (Å²) < 4.78 is 1.64. The summed E-state index contributed by atoms with van der Waals surface area (Å²) in [5.41, 5.74) is 8.47. The maximum atomic E-state index is 12.6. The highest BCUT2D eigenvalue weighted by molar-refractivity contribution is 6.05. The van der Waals surface area contributed by atoms with Gasteiger partial charge in [-0.05, 0) is 31.4 Å². The molecule has 2 N–H and O–H groups in total. The summed E-state index contributed by atoms with van der Waals surface area (Å²) in [4.78, 5) is 14.4. The van der Waals surface area contributed by atoms with Crippen LogP contribution in [0.5, 0.6) is 0 Å². The first-order valence-corrected chi connectivity index (χ1v) is 6.94. The number of carbonyl (C=O) groups excluding carboxylic acids is 1. The summed E-state index contributed by atoms with van der Waals surface area (Å²) in [5.74, 6) is 0.456. The second-order valence-electron chi connectivity index (χ2n) is 4.96. The summed E-state index contributed by atoms with van der Waals surface area (Å²) in [6, 6.07) is 9.70. The molecule has 0 saturated carbocycles. The third-order valence-corrected chi connectivity index (χ3v) is 3.69. The second-order valence-corrected chi connectivity index (χ2v) is 4.96. The molecule has 1 aromatic heterocycles. The summed E-state index contributed by atoms with van der Waals surface area (Å²) in [6.07, 6.45) is 2.00. The van der Waals surface area contributed by atoms with E-state index < -0.39 is 0 Å². The Morgan fingerprint density at radius 2 is 2.20 bits per heavy atom. The minimum absolute atomic E-state index is 0.0731. The number of benzene rings is 1. The van der Waals surface area contributed by atoms with Crippen LogP contribution in [-0.4, -0.2) is 22.2 Å². The van der Waals surface area contributed by atoms with Crippen LogP contribution in [-0.2, 0) is 13.0 Å². The van der Waals surface area contributed by atoms with Gasteiger partial charge < -0.3 is 10.6 Å². The van der Waals surface area contributed by atoms with Crippen molar-refractivity contribution in [1.82, 2.24) is 9.78 Å². The number of aromatic nitrogens is 2. The highest BCUT2D eigenvalue weighted by Gasteiger charge is 2.25. The van der Waals surface area contributed by atoms with Gasteiger partial charge in [-0.3, -0.25) is 4.79 Å². The number of nitrogens with zero attached hydrogens (tertiary/aromatic N) is 3. The van der Waals surface area contributed by atoms with Crippen molar-refractivity contribution in [3.63, 3.8) is 0 Å². The van der Waals surface area contributed by atoms with E-state index in [-0.39, 0.29) is 5.91 Å². The van der Waals surface area contributed by atoms with E-state index in [9.17, 15) is 4.79 Å². The fourth-order valence-electron chi connectivity index (χ4n) is 2.67. The van der Waals surface area contributed by atoms with E-state index in [1.807, 2.05) is 25.1 Å². The van der Waals surface area contributed by atoms with Crippen molar-refractivity contribution in [2.45, 2.75) is 26.3 Å². The number of para-hydroxylation sites is 1. The SMILES string of the molecule is CCn1nc(C(=O)N2CCCc3ccccc32)cc1N. The lowest BCUT2D eigenvalue weighted by Gasteiger charge is -2.28. The number of anilines is 2. The first kappa shape index (κ1) is 12.7. The lowest BCUT2D eigenvalue weighted by atomic mass is 10.0. The molecule has 1 aliphatic rings. The second kappa shape index (κ2) is 5.00. The molecule has 0 aliphatic carbocycles. The smallest absolute Gasteiger partial charge is 0.278 e. The molecule has 1 aromatic carbocycles. The predicted octanol–water partition coefficient (Wildman–Crippen LogP) is 2.08. The van der Waals surface area contributed by atoms with Crippen LogP contribution in [0.25, 0.3) is 0 Å². The number of hydrogen-bond acceptors (Lipinski definition) is 3. The van der Waals surface area contributed by atoms with E-state index in [1.54, 1.807) is 15.6 Å². The van der Waals surface area contributed by atoms with Gasteiger partial charge in [-0.2, -0.15) is 5.10 Å². The third kappa shape index (κ3) is 2.05. The van der Waals surface area contributed by atoms with Crippen molar-refractivity contribution in [3.05, 3.63) is 41.6 Å². The van der Waals surface area contributed by atoms with Crippen LogP contribution in [0.2, 0.25) is 0 Å². The quantitative estimate of drug-likeness (QED) is 0.908. The monoisotopic (exact) mass is 270 g/mol. The number of fused-ring (bicyclic) bond motifs is 1. The Morgan fingerprint density at radius 3 is 2.95 bits per heavy atom. The van der Waals surface area contributed by atoms with Gasteiger partial charge in [0.1, 0.15) is 5.82 Å². The summed E-state index contributed by atoms with van der Waals surface area (Å²) in [7, 11) is 0. The number of aryl methyl sites for hydroxylation is 2. The molecule has 5 nitrogen and oxygen atoms in total. The largest absolute Gasteiger partial charge is 0.384 e. The minimum atomic E-state index is -0.0731. The normalized spacial score (nSPS) is 14.2. The van der Waals surface area contributed by atoms with Gasteiger partial charge in [0.15, 0.2) is 5.69 Å². The average Bonchev–Trinajstić information content (AvgIpc) is 2.87. The molecule has 0 spiro atoms. The van der Waals surface area contributed by atoms with Crippen molar-refractivity contribution in [3.8, 4) is 0 Å². The number of amides is 1. The Bertz CT molecular complexity index is 647. The fourth-order valence-corrected chi connectivity index (χ4v) is 2.67. The van der Waals surface area contributed by atoms with Crippen LogP contribution < -0.4 is 10.6 Å². The molecule has 2 aromatic rings. The van der Waals surface area contributed by atoms with Gasteiger partial charge in [0.2, 0.25) is 0 Å². The molecule has 20 heavy (non-hydrogen) atoms. The summed E-state index contributed by atoms with van der Waals surface area (Å²) in [6.45, 7) is 3.35. The van der Waals surface area contributed by atoms with E-state index in [0.717, 1.165) is 25.1 Å². The minimum Gasteiger partial charge on any atom is -0.384 e. The van der Waals surface area contributed by atoms with Crippen LogP contribution in [0.1, 0.15) is 29.4 Å². The van der Waals surface area contributed by atoms with E-state index in [0.29, 0.717) is 18.1 Å². The standard InChI is InChI=1S/C15H18N4O/c1-2-19-14(16)10-12(17-19)15(20)18-9-5-7-11-6-3-4-8-13(11)18/h3-4,6,8,10H,2,5,7,9,16H2,1H3. The van der Waals surface area contributed by atoms with E-state index in [4.69, 9.17) is 5.73 Å². The Labute approximate surface area is 118 Å². The van der Waals surface area contributed by atoms with Crippen LogP contribution in [0.15, 0.2) is 30.3 Å². The molecular weight excluding hydrogens is 252 g/mol. The van der Waals surface area contributed by atoms with Gasteiger partial charge in [-0.1, -0.05) is 18.2 Å². The van der Waals surface area contributed by atoms with Crippen molar-refractivity contribution < 1.29 is 4.79 Å². The lowest BCUT2D eigenvalue weighted by molar-refractivity contribution is 0.0979. The molecule has 3 rings (SSSR count). The average molecular weight is 270 g/mol. The lowest BCUT2D eigenvalue weighted by Crippen LogP contribution is -2.35. The van der Waals surface area contributed by atoms with Crippen molar-refractivity contribution in [1.29, 1.82) is 0 Å². The Morgan fingerprint density at radius 1 is 1.40 bits per heavy atom. The number of nitrogens with two attached hydrogens (primary N) is 1. The molecule has 1 amide bonds. The molecule has 0 saturated heterocycles. The van der Waals surface area contributed by atoms with Gasteiger partial charge in [0, 0.05) is 24.8 Å². The molecule has 5 heteroatoms. The van der Waals surface area contributed by atoms with Crippen LogP contribution >= 0.6 is 0 Å². The van der Waals surface area contributed by atoms with Gasteiger partial charge in [-0.25, -0.2) is 4.68 Å². The molecule has 0 bridgehead atoms. The maximum absolute atomic E-state index is 12.6.